The highest BCUT2D eigenvalue weighted by Gasteiger charge is 2.25. The van der Waals surface area contributed by atoms with E-state index >= 15 is 0 Å². The molecule has 0 amide bonds. The van der Waals surface area contributed by atoms with Gasteiger partial charge in [0.05, 0.1) is 18.2 Å². The molecule has 0 spiro atoms. The van der Waals surface area contributed by atoms with Gasteiger partial charge in [-0.15, -0.1) is 0 Å². The summed E-state index contributed by atoms with van der Waals surface area (Å²) in [4.78, 5) is 13.0. The molecule has 1 aliphatic rings. The number of hydrogen-bond acceptors (Lipinski definition) is 8. The Kier molecular flexibility index (Phi) is 5.69. The first-order valence-electron chi connectivity index (χ1n) is 9.97. The Morgan fingerprint density at radius 3 is 2.32 bits per heavy atom. The number of anilines is 3. The first-order valence-corrected chi connectivity index (χ1v) is 11.4. The van der Waals surface area contributed by atoms with Crippen LogP contribution in [0.4, 0.5) is 17.5 Å². The van der Waals surface area contributed by atoms with Gasteiger partial charge in [0, 0.05) is 37.9 Å². The fourth-order valence-corrected chi connectivity index (χ4v) is 4.81. The molecule has 0 aliphatic carbocycles. The van der Waals surface area contributed by atoms with Gasteiger partial charge in [0.1, 0.15) is 16.5 Å². The van der Waals surface area contributed by atoms with E-state index in [0.717, 1.165) is 30.1 Å². The standard InChI is InChI=1S/C22H25N5O3S/c1-16-6-8-19(9-7-16)31(28,29)20-15-24-22(25-21(20)23)27-12-10-26(11-13-27)17-4-3-5-18(14-17)30-2/h3-9,14-15H,10-13H2,1-2H3,(H2,23,24,25). The van der Waals surface area contributed by atoms with E-state index in [4.69, 9.17) is 10.5 Å². The molecule has 9 heteroatoms. The molecule has 1 saturated heterocycles. The van der Waals surface area contributed by atoms with E-state index < -0.39 is 9.84 Å². The highest BCUT2D eigenvalue weighted by molar-refractivity contribution is 7.91. The van der Waals surface area contributed by atoms with Gasteiger partial charge >= 0.3 is 0 Å². The van der Waals surface area contributed by atoms with Crippen molar-refractivity contribution >= 4 is 27.3 Å². The summed E-state index contributed by atoms with van der Waals surface area (Å²) in [6.07, 6.45) is 1.31. The molecule has 1 aromatic heterocycles. The summed E-state index contributed by atoms with van der Waals surface area (Å²) in [5.41, 5.74) is 8.13. The van der Waals surface area contributed by atoms with Gasteiger partial charge in [0.2, 0.25) is 15.8 Å². The molecule has 31 heavy (non-hydrogen) atoms. The minimum Gasteiger partial charge on any atom is -0.497 e. The van der Waals surface area contributed by atoms with Gasteiger partial charge in [0.15, 0.2) is 0 Å². The maximum absolute atomic E-state index is 12.9. The van der Waals surface area contributed by atoms with Crippen molar-refractivity contribution in [3.05, 3.63) is 60.3 Å². The van der Waals surface area contributed by atoms with Gasteiger partial charge in [0.25, 0.3) is 0 Å². The number of nitrogens with two attached hydrogens (primary N) is 1. The lowest BCUT2D eigenvalue weighted by atomic mass is 10.2. The molecule has 1 aliphatic heterocycles. The summed E-state index contributed by atoms with van der Waals surface area (Å²) < 4.78 is 31.1. The van der Waals surface area contributed by atoms with Crippen molar-refractivity contribution in [2.75, 3.05) is 48.8 Å². The van der Waals surface area contributed by atoms with E-state index in [1.165, 1.54) is 6.20 Å². The second-order valence-electron chi connectivity index (χ2n) is 7.41. The molecular weight excluding hydrogens is 414 g/mol. The van der Waals surface area contributed by atoms with Gasteiger partial charge in [-0.05, 0) is 31.2 Å². The van der Waals surface area contributed by atoms with E-state index in [1.807, 2.05) is 30.0 Å². The van der Waals surface area contributed by atoms with E-state index in [9.17, 15) is 8.42 Å². The van der Waals surface area contributed by atoms with Crippen molar-refractivity contribution in [2.45, 2.75) is 16.7 Å². The largest absolute Gasteiger partial charge is 0.497 e. The summed E-state index contributed by atoms with van der Waals surface area (Å²) in [7, 11) is -2.12. The highest BCUT2D eigenvalue weighted by atomic mass is 32.2. The predicted octanol–water partition coefficient (Wildman–Crippen LogP) is 2.54. The smallest absolute Gasteiger partial charge is 0.227 e. The first kappa shape index (κ1) is 20.9. The van der Waals surface area contributed by atoms with Crippen LogP contribution < -0.4 is 20.3 Å². The van der Waals surface area contributed by atoms with Crippen molar-refractivity contribution in [1.29, 1.82) is 0 Å². The molecule has 2 N–H and O–H groups in total. The fraction of sp³-hybridized carbons (Fsp3) is 0.273. The minimum atomic E-state index is -3.77. The summed E-state index contributed by atoms with van der Waals surface area (Å²) >= 11 is 0. The number of aromatic nitrogens is 2. The van der Waals surface area contributed by atoms with Crippen LogP contribution in [0.1, 0.15) is 5.56 Å². The molecule has 0 radical (unpaired) electrons. The zero-order valence-corrected chi connectivity index (χ0v) is 18.3. The molecule has 3 aromatic rings. The van der Waals surface area contributed by atoms with Crippen LogP contribution in [0.5, 0.6) is 5.75 Å². The Morgan fingerprint density at radius 2 is 1.68 bits per heavy atom. The number of sulfone groups is 1. The minimum absolute atomic E-state index is 0.0409. The van der Waals surface area contributed by atoms with Crippen LogP contribution in [0, 0.1) is 6.92 Å². The van der Waals surface area contributed by atoms with Crippen LogP contribution in [-0.2, 0) is 9.84 Å². The number of ether oxygens (including phenoxy) is 1. The van der Waals surface area contributed by atoms with Gasteiger partial charge in [-0.2, -0.15) is 4.98 Å². The van der Waals surface area contributed by atoms with Crippen molar-refractivity contribution in [1.82, 2.24) is 9.97 Å². The molecular formula is C22H25N5O3S. The molecule has 2 heterocycles. The van der Waals surface area contributed by atoms with Gasteiger partial charge < -0.3 is 20.3 Å². The van der Waals surface area contributed by atoms with Gasteiger partial charge in [-0.25, -0.2) is 13.4 Å². The molecule has 4 rings (SSSR count). The van der Waals surface area contributed by atoms with E-state index in [-0.39, 0.29) is 15.6 Å². The third-order valence-corrected chi connectivity index (χ3v) is 7.16. The molecule has 162 valence electrons. The lowest BCUT2D eigenvalue weighted by Crippen LogP contribution is -2.47. The van der Waals surface area contributed by atoms with Gasteiger partial charge in [-0.3, -0.25) is 0 Å². The van der Waals surface area contributed by atoms with Crippen LogP contribution >= 0.6 is 0 Å². The Labute approximate surface area is 182 Å². The number of hydrogen-bond donors (Lipinski definition) is 1. The molecule has 8 nitrogen and oxygen atoms in total. The lowest BCUT2D eigenvalue weighted by molar-refractivity contribution is 0.414. The lowest BCUT2D eigenvalue weighted by Gasteiger charge is -2.36. The molecule has 0 saturated carbocycles. The molecule has 1 fully saturated rings. The summed E-state index contributed by atoms with van der Waals surface area (Å²) in [5.74, 6) is 1.22. The number of methoxy groups -OCH3 is 1. The Hall–Kier alpha value is -3.33. The second kappa shape index (κ2) is 8.43. The Bertz CT molecular complexity index is 1170. The van der Waals surface area contributed by atoms with Crippen LogP contribution in [0.3, 0.4) is 0 Å². The van der Waals surface area contributed by atoms with Crippen LogP contribution in [0.2, 0.25) is 0 Å². The van der Waals surface area contributed by atoms with Crippen molar-refractivity contribution < 1.29 is 13.2 Å². The van der Waals surface area contributed by atoms with Crippen LogP contribution in [-0.4, -0.2) is 51.7 Å². The first-order chi connectivity index (χ1) is 14.9. The predicted molar refractivity (Wildman–Crippen MR) is 120 cm³/mol. The summed E-state index contributed by atoms with van der Waals surface area (Å²) in [5, 5.41) is 0. The monoisotopic (exact) mass is 439 g/mol. The van der Waals surface area contributed by atoms with E-state index in [1.54, 1.807) is 31.4 Å². The molecule has 0 unspecified atom stereocenters. The maximum atomic E-state index is 12.9. The van der Waals surface area contributed by atoms with Crippen LogP contribution in [0.15, 0.2) is 64.5 Å². The third-order valence-electron chi connectivity index (χ3n) is 5.37. The van der Waals surface area contributed by atoms with E-state index in [2.05, 4.69) is 20.9 Å². The third kappa shape index (κ3) is 4.27. The fourth-order valence-electron chi connectivity index (χ4n) is 3.55. The molecule has 0 atom stereocenters. The quantitative estimate of drug-likeness (QED) is 0.647. The Balaban J connectivity index is 1.49. The zero-order valence-electron chi connectivity index (χ0n) is 17.5. The van der Waals surface area contributed by atoms with Gasteiger partial charge in [-0.1, -0.05) is 23.8 Å². The Morgan fingerprint density at radius 1 is 1.00 bits per heavy atom. The number of nitrogens with zero attached hydrogens (tertiary/aromatic N) is 4. The van der Waals surface area contributed by atoms with Crippen LogP contribution in [0.25, 0.3) is 0 Å². The number of nitrogen functional groups attached to an aromatic ring is 1. The van der Waals surface area contributed by atoms with Crippen molar-refractivity contribution in [3.8, 4) is 5.75 Å². The van der Waals surface area contributed by atoms with Crippen molar-refractivity contribution in [3.63, 3.8) is 0 Å². The second-order valence-corrected chi connectivity index (χ2v) is 9.33. The number of aryl methyl sites for hydroxylation is 1. The summed E-state index contributed by atoms with van der Waals surface area (Å²) in [6, 6.07) is 14.6. The highest BCUT2D eigenvalue weighted by Crippen LogP contribution is 2.27. The summed E-state index contributed by atoms with van der Waals surface area (Å²) in [6.45, 7) is 4.85. The topological polar surface area (TPSA) is 102 Å². The molecule has 0 bridgehead atoms. The average Bonchev–Trinajstić information content (AvgIpc) is 2.79. The SMILES string of the molecule is COc1cccc(N2CCN(c3ncc(S(=O)(=O)c4ccc(C)cc4)c(N)n3)CC2)c1. The average molecular weight is 440 g/mol. The normalized spacial score (nSPS) is 14.5. The number of piperazine rings is 1. The number of benzene rings is 2. The van der Waals surface area contributed by atoms with Crippen molar-refractivity contribution in [2.24, 2.45) is 0 Å². The zero-order chi connectivity index (χ0) is 22.0. The van der Waals surface area contributed by atoms with E-state index in [0.29, 0.717) is 19.0 Å². The maximum Gasteiger partial charge on any atom is 0.227 e. The number of rotatable bonds is 5. The molecule has 2 aromatic carbocycles.